The molecule has 1 atom stereocenters. The van der Waals surface area contributed by atoms with Crippen LogP contribution >= 0.6 is 15.9 Å². The molecule has 1 aliphatic heterocycles. The van der Waals surface area contributed by atoms with Gasteiger partial charge >= 0.3 is 6.61 Å². The van der Waals surface area contributed by atoms with Gasteiger partial charge in [0.25, 0.3) is 0 Å². The Hall–Kier alpha value is -1.51. The number of nitrogens with one attached hydrogen (secondary N) is 1. The molecule has 8 heteroatoms. The van der Waals surface area contributed by atoms with Crippen molar-refractivity contribution < 1.29 is 23.0 Å². The van der Waals surface area contributed by atoms with Crippen LogP contribution in [0.15, 0.2) is 28.7 Å². The molecular weight excluding hydrogens is 422 g/mol. The van der Waals surface area contributed by atoms with E-state index in [1.165, 1.54) is 18.2 Å². The van der Waals surface area contributed by atoms with Gasteiger partial charge in [0.2, 0.25) is 5.91 Å². The number of alkyl halides is 2. The smallest absolute Gasteiger partial charge is 0.387 e. The molecule has 5 nitrogen and oxygen atoms in total. The molecule has 150 valence electrons. The number of rotatable bonds is 8. The van der Waals surface area contributed by atoms with Crippen molar-refractivity contribution in [2.24, 2.45) is 5.92 Å². The number of carbonyl (C=O) groups is 1. The van der Waals surface area contributed by atoms with Gasteiger partial charge in [-0.05, 0) is 30.2 Å². The number of hydrogen-bond acceptors (Lipinski definition) is 4. The van der Waals surface area contributed by atoms with E-state index in [0.29, 0.717) is 35.7 Å². The summed E-state index contributed by atoms with van der Waals surface area (Å²) in [6.45, 7) is 4.93. The SMILES string of the molecule is CC(C)C(CNC(=O)/C=C/c1cc(Br)ccc1OC(F)F)N1CCOCC1. The lowest BCUT2D eigenvalue weighted by atomic mass is 10.0. The van der Waals surface area contributed by atoms with Crippen molar-refractivity contribution in [3.63, 3.8) is 0 Å². The van der Waals surface area contributed by atoms with E-state index in [9.17, 15) is 13.6 Å². The molecule has 1 fully saturated rings. The number of halogens is 3. The quantitative estimate of drug-likeness (QED) is 0.620. The van der Waals surface area contributed by atoms with E-state index >= 15 is 0 Å². The van der Waals surface area contributed by atoms with Gasteiger partial charge < -0.3 is 14.8 Å². The second-order valence-corrected chi connectivity index (χ2v) is 7.51. The Morgan fingerprint density at radius 3 is 2.70 bits per heavy atom. The molecule has 1 N–H and O–H groups in total. The molecule has 1 aliphatic rings. The molecule has 0 bridgehead atoms. The van der Waals surface area contributed by atoms with Crippen LogP contribution in [0.1, 0.15) is 19.4 Å². The summed E-state index contributed by atoms with van der Waals surface area (Å²) in [4.78, 5) is 14.5. The molecule has 0 radical (unpaired) electrons. The molecule has 0 aromatic heterocycles. The third-order valence-corrected chi connectivity index (χ3v) is 4.87. The molecular formula is C19H25BrF2N2O3. The lowest BCUT2D eigenvalue weighted by Crippen LogP contribution is -2.51. The summed E-state index contributed by atoms with van der Waals surface area (Å²) in [6.07, 6.45) is 2.80. The molecule has 1 heterocycles. The van der Waals surface area contributed by atoms with E-state index in [2.05, 4.69) is 44.7 Å². The average Bonchev–Trinajstić information content (AvgIpc) is 2.62. The van der Waals surface area contributed by atoms with Gasteiger partial charge in [0, 0.05) is 41.8 Å². The predicted octanol–water partition coefficient (Wildman–Crippen LogP) is 3.54. The maximum absolute atomic E-state index is 12.5. The van der Waals surface area contributed by atoms with Crippen LogP contribution in [0.2, 0.25) is 0 Å². The number of hydrogen-bond donors (Lipinski definition) is 1. The third kappa shape index (κ3) is 7.20. The molecule has 1 aromatic carbocycles. The molecule has 1 saturated heterocycles. The van der Waals surface area contributed by atoms with Crippen LogP contribution in [-0.4, -0.2) is 56.3 Å². The largest absolute Gasteiger partial charge is 0.434 e. The van der Waals surface area contributed by atoms with Crippen molar-refractivity contribution in [2.75, 3.05) is 32.8 Å². The summed E-state index contributed by atoms with van der Waals surface area (Å²) in [5.41, 5.74) is 0.397. The van der Waals surface area contributed by atoms with E-state index in [4.69, 9.17) is 4.74 Å². The maximum Gasteiger partial charge on any atom is 0.387 e. The van der Waals surface area contributed by atoms with Crippen LogP contribution in [0.5, 0.6) is 5.75 Å². The Bertz CT molecular complexity index is 650. The van der Waals surface area contributed by atoms with Gasteiger partial charge in [0.15, 0.2) is 0 Å². The fraction of sp³-hybridized carbons (Fsp3) is 0.526. The van der Waals surface area contributed by atoms with Crippen molar-refractivity contribution in [1.29, 1.82) is 0 Å². The van der Waals surface area contributed by atoms with E-state index in [1.54, 1.807) is 12.1 Å². The lowest BCUT2D eigenvalue weighted by Gasteiger charge is -2.36. The van der Waals surface area contributed by atoms with E-state index in [-0.39, 0.29) is 17.7 Å². The van der Waals surface area contributed by atoms with Crippen molar-refractivity contribution in [2.45, 2.75) is 26.5 Å². The Labute approximate surface area is 166 Å². The average molecular weight is 447 g/mol. The number of benzene rings is 1. The first-order valence-corrected chi connectivity index (χ1v) is 9.68. The summed E-state index contributed by atoms with van der Waals surface area (Å²) in [5.74, 6) is 0.117. The highest BCUT2D eigenvalue weighted by Gasteiger charge is 2.23. The molecule has 1 amide bonds. The fourth-order valence-electron chi connectivity index (χ4n) is 2.98. The molecule has 27 heavy (non-hydrogen) atoms. The van der Waals surface area contributed by atoms with Gasteiger partial charge in [-0.25, -0.2) is 0 Å². The third-order valence-electron chi connectivity index (χ3n) is 4.37. The summed E-state index contributed by atoms with van der Waals surface area (Å²) in [6, 6.07) is 4.87. The number of carbonyl (C=O) groups excluding carboxylic acids is 1. The van der Waals surface area contributed by atoms with Crippen molar-refractivity contribution in [3.05, 3.63) is 34.3 Å². The molecule has 1 aromatic rings. The van der Waals surface area contributed by atoms with Crippen LogP contribution in [0, 0.1) is 5.92 Å². The van der Waals surface area contributed by atoms with E-state index in [1.807, 2.05) is 0 Å². The van der Waals surface area contributed by atoms with Gasteiger partial charge in [-0.3, -0.25) is 9.69 Å². The van der Waals surface area contributed by atoms with Gasteiger partial charge in [-0.2, -0.15) is 8.78 Å². The Morgan fingerprint density at radius 1 is 1.37 bits per heavy atom. The summed E-state index contributed by atoms with van der Waals surface area (Å²) < 4.78 is 35.6. The minimum atomic E-state index is -2.92. The van der Waals surface area contributed by atoms with Crippen LogP contribution in [0.4, 0.5) is 8.78 Å². The van der Waals surface area contributed by atoms with Crippen molar-refractivity contribution in [3.8, 4) is 5.75 Å². The maximum atomic E-state index is 12.5. The second-order valence-electron chi connectivity index (χ2n) is 6.60. The fourth-order valence-corrected chi connectivity index (χ4v) is 3.36. The molecule has 0 aliphatic carbocycles. The molecule has 0 saturated carbocycles. The van der Waals surface area contributed by atoms with E-state index in [0.717, 1.165) is 13.1 Å². The minimum absolute atomic E-state index is 0.0191. The number of amides is 1. The number of nitrogens with zero attached hydrogens (tertiary/aromatic N) is 1. The summed E-state index contributed by atoms with van der Waals surface area (Å²) in [5, 5.41) is 2.90. The van der Waals surface area contributed by atoms with E-state index < -0.39 is 6.61 Å². The lowest BCUT2D eigenvalue weighted by molar-refractivity contribution is -0.116. The highest BCUT2D eigenvalue weighted by Crippen LogP contribution is 2.26. The van der Waals surface area contributed by atoms with Crippen molar-refractivity contribution in [1.82, 2.24) is 10.2 Å². The van der Waals surface area contributed by atoms with Crippen LogP contribution in [0.25, 0.3) is 6.08 Å². The zero-order chi connectivity index (χ0) is 19.8. The van der Waals surface area contributed by atoms with Crippen LogP contribution < -0.4 is 10.1 Å². The summed E-state index contributed by atoms with van der Waals surface area (Å²) >= 11 is 3.29. The topological polar surface area (TPSA) is 50.8 Å². The standard InChI is InChI=1S/C19H25BrF2N2O3/c1-13(2)16(24-7-9-26-10-8-24)12-23-18(25)6-3-14-11-15(20)4-5-17(14)27-19(21)22/h3-6,11,13,16,19H,7-10,12H2,1-2H3,(H,23,25)/b6-3+. The monoisotopic (exact) mass is 446 g/mol. The Morgan fingerprint density at radius 2 is 2.07 bits per heavy atom. The number of morpholine rings is 1. The first kappa shape index (κ1) is 21.8. The zero-order valence-corrected chi connectivity index (χ0v) is 17.0. The molecule has 1 unspecified atom stereocenters. The predicted molar refractivity (Wildman–Crippen MR) is 104 cm³/mol. The van der Waals surface area contributed by atoms with Crippen molar-refractivity contribution >= 4 is 27.9 Å². The molecule has 2 rings (SSSR count). The van der Waals surface area contributed by atoms with Gasteiger partial charge in [-0.1, -0.05) is 29.8 Å². The van der Waals surface area contributed by atoms with Crippen LogP contribution in [0.3, 0.4) is 0 Å². The van der Waals surface area contributed by atoms with Gasteiger partial charge in [-0.15, -0.1) is 0 Å². The van der Waals surface area contributed by atoms with Crippen LogP contribution in [-0.2, 0) is 9.53 Å². The normalized spacial score (nSPS) is 16.9. The zero-order valence-electron chi connectivity index (χ0n) is 15.5. The number of ether oxygens (including phenoxy) is 2. The van der Waals surface area contributed by atoms with Gasteiger partial charge in [0.05, 0.1) is 13.2 Å². The first-order valence-electron chi connectivity index (χ1n) is 8.89. The first-order chi connectivity index (χ1) is 12.9. The minimum Gasteiger partial charge on any atom is -0.434 e. The second kappa shape index (κ2) is 10.7. The van der Waals surface area contributed by atoms with Gasteiger partial charge in [0.1, 0.15) is 5.75 Å². The highest BCUT2D eigenvalue weighted by atomic mass is 79.9. The Kier molecular flexibility index (Phi) is 8.66. The molecule has 0 spiro atoms. The Balaban J connectivity index is 1.97. The highest BCUT2D eigenvalue weighted by molar-refractivity contribution is 9.10. The summed E-state index contributed by atoms with van der Waals surface area (Å²) in [7, 11) is 0.